The van der Waals surface area contributed by atoms with E-state index in [2.05, 4.69) is 23.3 Å². The summed E-state index contributed by atoms with van der Waals surface area (Å²) in [5.74, 6) is 0.814. The zero-order valence-corrected chi connectivity index (χ0v) is 14.6. The molecule has 0 radical (unpaired) electrons. The molecule has 1 aliphatic heterocycles. The molecule has 0 saturated carbocycles. The molecule has 2 heterocycles. The average molecular weight is 345 g/mol. The van der Waals surface area contributed by atoms with Crippen molar-refractivity contribution >= 4 is 0 Å². The lowest BCUT2D eigenvalue weighted by Gasteiger charge is -2.30. The van der Waals surface area contributed by atoms with E-state index < -0.39 is 5.60 Å². The van der Waals surface area contributed by atoms with E-state index in [0.717, 1.165) is 35.4 Å². The highest BCUT2D eigenvalue weighted by atomic mass is 16.5. The van der Waals surface area contributed by atoms with Crippen LogP contribution >= 0.6 is 0 Å². The van der Waals surface area contributed by atoms with E-state index in [-0.39, 0.29) is 0 Å². The van der Waals surface area contributed by atoms with E-state index >= 15 is 0 Å². The summed E-state index contributed by atoms with van der Waals surface area (Å²) in [6.45, 7) is 1.23. The molecule has 5 nitrogen and oxygen atoms in total. The van der Waals surface area contributed by atoms with Crippen molar-refractivity contribution in [2.45, 2.75) is 25.2 Å². The van der Waals surface area contributed by atoms with Gasteiger partial charge in [-0.15, -0.1) is 0 Å². The molecule has 0 saturated heterocycles. The predicted octanol–water partition coefficient (Wildman–Crippen LogP) is 3.63. The lowest BCUT2D eigenvalue weighted by atomic mass is 9.82. The van der Waals surface area contributed by atoms with E-state index in [1.165, 1.54) is 0 Å². The Morgan fingerprint density at radius 1 is 1.27 bits per heavy atom. The van der Waals surface area contributed by atoms with Crippen LogP contribution in [0.1, 0.15) is 28.7 Å². The summed E-state index contributed by atoms with van der Waals surface area (Å²) in [6, 6.07) is 17.9. The lowest BCUT2D eigenvalue weighted by molar-refractivity contribution is -0.0152. The van der Waals surface area contributed by atoms with Gasteiger partial charge in [-0.3, -0.25) is 4.68 Å². The molecule has 1 atom stereocenters. The summed E-state index contributed by atoms with van der Waals surface area (Å²) in [5, 5.41) is 13.5. The summed E-state index contributed by atoms with van der Waals surface area (Å²) < 4.78 is 13.6. The Morgan fingerprint density at radius 2 is 2.12 bits per heavy atom. The molecule has 4 rings (SSSR count). The molecule has 0 amide bonds. The summed E-state index contributed by atoms with van der Waals surface area (Å²) >= 11 is 0. The van der Waals surface area contributed by atoms with Crippen LogP contribution in [0.25, 0.3) is 0 Å². The summed E-state index contributed by atoms with van der Waals surface area (Å²) in [4.78, 5) is 0. The van der Waals surface area contributed by atoms with Crippen LogP contribution in [-0.2, 0) is 23.5 Å². The van der Waals surface area contributed by atoms with Crippen molar-refractivity contribution in [3.8, 4) is 11.8 Å². The fourth-order valence-corrected chi connectivity index (χ4v) is 3.61. The number of ether oxygens (including phenoxy) is 2. The zero-order chi connectivity index (χ0) is 18.0. The Bertz CT molecular complexity index is 942. The summed E-state index contributed by atoms with van der Waals surface area (Å²) in [5.41, 5.74) is 3.37. The van der Waals surface area contributed by atoms with Crippen LogP contribution in [0.4, 0.5) is 0 Å². The normalized spacial score (nSPS) is 18.3. The first kappa shape index (κ1) is 16.4. The second-order valence-corrected chi connectivity index (χ2v) is 6.35. The van der Waals surface area contributed by atoms with Crippen molar-refractivity contribution in [1.29, 1.82) is 5.26 Å². The Kier molecular flexibility index (Phi) is 4.19. The predicted molar refractivity (Wildman–Crippen MR) is 96.6 cm³/mol. The van der Waals surface area contributed by atoms with Crippen molar-refractivity contribution in [2.24, 2.45) is 0 Å². The van der Waals surface area contributed by atoms with Crippen LogP contribution < -0.4 is 4.74 Å². The minimum absolute atomic E-state index is 0.496. The van der Waals surface area contributed by atoms with Crippen molar-refractivity contribution in [2.75, 3.05) is 7.11 Å². The first-order valence-corrected chi connectivity index (χ1v) is 8.54. The number of aryl methyl sites for hydroxylation is 1. The Balaban J connectivity index is 1.77. The topological polar surface area (TPSA) is 60.1 Å². The van der Waals surface area contributed by atoms with Gasteiger partial charge in [0, 0.05) is 25.4 Å². The fraction of sp³-hybridized carbons (Fsp3) is 0.238. The maximum absolute atomic E-state index is 9.19. The first-order chi connectivity index (χ1) is 12.7. The van der Waals surface area contributed by atoms with Gasteiger partial charge in [0.1, 0.15) is 11.4 Å². The summed E-state index contributed by atoms with van der Waals surface area (Å²) in [7, 11) is 1.66. The van der Waals surface area contributed by atoms with Crippen LogP contribution in [0.3, 0.4) is 0 Å². The van der Waals surface area contributed by atoms with Crippen LogP contribution in [-0.4, -0.2) is 16.9 Å². The molecule has 0 spiro atoms. The second kappa shape index (κ2) is 6.66. The van der Waals surface area contributed by atoms with Gasteiger partial charge in [0.2, 0.25) is 0 Å². The number of nitrogens with zero attached hydrogens (tertiary/aromatic N) is 3. The molecule has 2 aromatic carbocycles. The quantitative estimate of drug-likeness (QED) is 0.708. The van der Waals surface area contributed by atoms with Gasteiger partial charge in [-0.25, -0.2) is 0 Å². The largest absolute Gasteiger partial charge is 0.497 e. The molecular formula is C21H19N3O2. The molecular weight excluding hydrogens is 326 g/mol. The molecule has 0 aliphatic carbocycles. The van der Waals surface area contributed by atoms with Gasteiger partial charge >= 0.3 is 0 Å². The smallest absolute Gasteiger partial charge is 0.121 e. The highest BCUT2D eigenvalue weighted by Crippen LogP contribution is 2.45. The van der Waals surface area contributed by atoms with Crippen molar-refractivity contribution in [3.05, 3.63) is 83.2 Å². The third kappa shape index (κ3) is 2.75. The fourth-order valence-electron chi connectivity index (χ4n) is 3.61. The lowest BCUT2D eigenvalue weighted by Crippen LogP contribution is -2.29. The number of aromatic nitrogens is 2. The maximum atomic E-state index is 9.19. The number of rotatable bonds is 5. The third-order valence-corrected chi connectivity index (χ3v) is 4.95. The number of benzene rings is 2. The first-order valence-electron chi connectivity index (χ1n) is 8.54. The molecule has 1 unspecified atom stereocenters. The Morgan fingerprint density at radius 3 is 2.81 bits per heavy atom. The van der Waals surface area contributed by atoms with E-state index in [4.69, 9.17) is 9.47 Å². The molecule has 1 aliphatic rings. The Hall–Kier alpha value is -3.10. The van der Waals surface area contributed by atoms with E-state index in [0.29, 0.717) is 12.2 Å². The second-order valence-electron chi connectivity index (χ2n) is 6.35. The number of nitriles is 1. The molecule has 0 bridgehead atoms. The van der Waals surface area contributed by atoms with Gasteiger partial charge in [0.05, 0.1) is 25.3 Å². The van der Waals surface area contributed by atoms with Crippen molar-refractivity contribution < 1.29 is 9.47 Å². The third-order valence-electron chi connectivity index (χ3n) is 4.95. The standard InChI is InChI=1S/C21H19N3O2/c1-25-19-6-4-18(5-7-19)21(9-12-24-11-2-10-23-24)20-8-3-16(14-22)13-17(20)15-26-21/h2-8,10-11,13H,9,12,15H2,1H3. The van der Waals surface area contributed by atoms with Crippen LogP contribution in [0.2, 0.25) is 0 Å². The number of hydrogen-bond donors (Lipinski definition) is 0. The molecule has 1 aromatic heterocycles. The molecule has 0 fully saturated rings. The minimum Gasteiger partial charge on any atom is -0.497 e. The number of fused-ring (bicyclic) bond motifs is 1. The van der Waals surface area contributed by atoms with Gasteiger partial charge in [-0.05, 0) is 47.0 Å². The van der Waals surface area contributed by atoms with E-state index in [1.807, 2.05) is 47.3 Å². The van der Waals surface area contributed by atoms with Gasteiger partial charge in [-0.1, -0.05) is 18.2 Å². The molecule has 26 heavy (non-hydrogen) atoms. The van der Waals surface area contributed by atoms with Gasteiger partial charge < -0.3 is 9.47 Å². The minimum atomic E-state index is -0.554. The molecule has 0 N–H and O–H groups in total. The van der Waals surface area contributed by atoms with E-state index in [9.17, 15) is 5.26 Å². The highest BCUT2D eigenvalue weighted by Gasteiger charge is 2.41. The van der Waals surface area contributed by atoms with Crippen molar-refractivity contribution in [3.63, 3.8) is 0 Å². The number of hydrogen-bond acceptors (Lipinski definition) is 4. The molecule has 130 valence electrons. The number of methoxy groups -OCH3 is 1. The zero-order valence-electron chi connectivity index (χ0n) is 14.6. The van der Waals surface area contributed by atoms with Gasteiger partial charge in [0.15, 0.2) is 0 Å². The van der Waals surface area contributed by atoms with Gasteiger partial charge in [-0.2, -0.15) is 10.4 Å². The van der Waals surface area contributed by atoms with Crippen LogP contribution in [0.15, 0.2) is 60.9 Å². The monoisotopic (exact) mass is 345 g/mol. The highest BCUT2D eigenvalue weighted by molar-refractivity contribution is 5.48. The van der Waals surface area contributed by atoms with Crippen molar-refractivity contribution in [1.82, 2.24) is 9.78 Å². The average Bonchev–Trinajstić information content (AvgIpc) is 3.34. The Labute approximate surface area is 152 Å². The molecule has 5 heteroatoms. The van der Waals surface area contributed by atoms with E-state index in [1.54, 1.807) is 13.3 Å². The summed E-state index contributed by atoms with van der Waals surface area (Å²) in [6.07, 6.45) is 4.49. The maximum Gasteiger partial charge on any atom is 0.121 e. The SMILES string of the molecule is COc1ccc(C2(CCn3cccn3)OCc3cc(C#N)ccc32)cc1. The van der Waals surface area contributed by atoms with Crippen LogP contribution in [0, 0.1) is 11.3 Å². The molecule has 3 aromatic rings. The van der Waals surface area contributed by atoms with Gasteiger partial charge in [0.25, 0.3) is 0 Å². The van der Waals surface area contributed by atoms with Crippen LogP contribution in [0.5, 0.6) is 5.75 Å².